The van der Waals surface area contributed by atoms with Gasteiger partial charge in [0.1, 0.15) is 11.1 Å². The second-order valence-electron chi connectivity index (χ2n) is 6.79. The standard InChI is InChI=1S/C16H28N2OS/c1-6-9-17-10-12-13(11-7-8-11)18-15(20-12)14(19-5)16(2,3)4/h11,14,17H,6-10H2,1-5H3. The summed E-state index contributed by atoms with van der Waals surface area (Å²) in [7, 11) is 1.79. The third kappa shape index (κ3) is 3.80. The molecular formula is C16H28N2OS. The van der Waals surface area contributed by atoms with Crippen LogP contribution in [-0.2, 0) is 11.3 Å². The van der Waals surface area contributed by atoms with Crippen LogP contribution < -0.4 is 5.32 Å². The number of rotatable bonds is 7. The molecule has 1 atom stereocenters. The molecule has 1 aliphatic rings. The van der Waals surface area contributed by atoms with E-state index in [1.54, 1.807) is 7.11 Å². The first-order chi connectivity index (χ1) is 9.47. The Labute approximate surface area is 127 Å². The van der Waals surface area contributed by atoms with Crippen molar-refractivity contribution in [2.75, 3.05) is 13.7 Å². The number of nitrogens with zero attached hydrogens (tertiary/aromatic N) is 1. The average molecular weight is 296 g/mol. The van der Waals surface area contributed by atoms with E-state index in [2.05, 4.69) is 33.0 Å². The second kappa shape index (κ2) is 6.54. The first-order valence-corrected chi connectivity index (χ1v) is 8.52. The van der Waals surface area contributed by atoms with Crippen LogP contribution in [0.5, 0.6) is 0 Å². The molecule has 1 heterocycles. The van der Waals surface area contributed by atoms with Crippen LogP contribution in [0, 0.1) is 5.41 Å². The van der Waals surface area contributed by atoms with Crippen molar-refractivity contribution in [2.45, 2.75) is 65.5 Å². The Morgan fingerprint density at radius 1 is 1.40 bits per heavy atom. The predicted molar refractivity (Wildman–Crippen MR) is 85.3 cm³/mol. The molecule has 1 unspecified atom stereocenters. The number of aromatic nitrogens is 1. The third-order valence-electron chi connectivity index (χ3n) is 3.67. The largest absolute Gasteiger partial charge is 0.374 e. The normalized spacial score (nSPS) is 17.4. The minimum Gasteiger partial charge on any atom is -0.374 e. The fourth-order valence-electron chi connectivity index (χ4n) is 2.50. The molecule has 1 aliphatic carbocycles. The minimum atomic E-state index is 0.0849. The maximum atomic E-state index is 5.72. The van der Waals surface area contributed by atoms with Crippen molar-refractivity contribution in [2.24, 2.45) is 5.41 Å². The van der Waals surface area contributed by atoms with E-state index in [0.717, 1.165) is 18.1 Å². The van der Waals surface area contributed by atoms with Gasteiger partial charge in [-0.3, -0.25) is 0 Å². The SMILES string of the molecule is CCCNCc1sc(C(OC)C(C)(C)C)nc1C1CC1. The summed E-state index contributed by atoms with van der Waals surface area (Å²) < 4.78 is 5.72. The summed E-state index contributed by atoms with van der Waals surface area (Å²) in [6.07, 6.45) is 3.87. The van der Waals surface area contributed by atoms with Crippen LogP contribution in [0.1, 0.15) is 74.6 Å². The Balaban J connectivity index is 2.19. The number of ether oxygens (including phenoxy) is 1. The molecule has 1 N–H and O–H groups in total. The van der Waals surface area contributed by atoms with Gasteiger partial charge in [-0.15, -0.1) is 11.3 Å². The zero-order chi connectivity index (χ0) is 14.8. The van der Waals surface area contributed by atoms with Crippen molar-refractivity contribution in [3.05, 3.63) is 15.6 Å². The van der Waals surface area contributed by atoms with E-state index >= 15 is 0 Å². The van der Waals surface area contributed by atoms with Crippen molar-refractivity contribution in [1.29, 1.82) is 0 Å². The van der Waals surface area contributed by atoms with Crippen molar-refractivity contribution < 1.29 is 4.74 Å². The molecule has 0 spiro atoms. The predicted octanol–water partition coefficient (Wildman–Crippen LogP) is 4.25. The molecule has 1 aromatic heterocycles. The summed E-state index contributed by atoms with van der Waals surface area (Å²) in [6, 6.07) is 0. The van der Waals surface area contributed by atoms with Gasteiger partial charge < -0.3 is 10.1 Å². The van der Waals surface area contributed by atoms with Gasteiger partial charge in [0.15, 0.2) is 0 Å². The van der Waals surface area contributed by atoms with Crippen molar-refractivity contribution in [3.8, 4) is 0 Å². The van der Waals surface area contributed by atoms with Gasteiger partial charge in [-0.25, -0.2) is 4.98 Å². The van der Waals surface area contributed by atoms with Gasteiger partial charge in [0.25, 0.3) is 0 Å². The zero-order valence-corrected chi connectivity index (χ0v) is 14.3. The Morgan fingerprint density at radius 2 is 2.10 bits per heavy atom. The molecule has 0 amide bonds. The quantitative estimate of drug-likeness (QED) is 0.764. The summed E-state index contributed by atoms with van der Waals surface area (Å²) in [6.45, 7) is 10.9. The first kappa shape index (κ1) is 15.9. The smallest absolute Gasteiger partial charge is 0.123 e. The summed E-state index contributed by atoms with van der Waals surface area (Å²) in [5.74, 6) is 0.705. The van der Waals surface area contributed by atoms with E-state index in [1.807, 2.05) is 11.3 Å². The van der Waals surface area contributed by atoms with E-state index < -0.39 is 0 Å². The monoisotopic (exact) mass is 296 g/mol. The molecular weight excluding hydrogens is 268 g/mol. The zero-order valence-electron chi connectivity index (χ0n) is 13.5. The highest BCUT2D eigenvalue weighted by molar-refractivity contribution is 7.11. The molecule has 2 rings (SSSR count). The highest BCUT2D eigenvalue weighted by Crippen LogP contribution is 2.45. The summed E-state index contributed by atoms with van der Waals surface area (Å²) in [5, 5.41) is 4.66. The van der Waals surface area contributed by atoms with Crippen LogP contribution in [0.15, 0.2) is 0 Å². The number of methoxy groups -OCH3 is 1. The first-order valence-electron chi connectivity index (χ1n) is 7.70. The van der Waals surface area contributed by atoms with Crippen LogP contribution in [0.25, 0.3) is 0 Å². The maximum absolute atomic E-state index is 5.72. The van der Waals surface area contributed by atoms with Crippen LogP contribution >= 0.6 is 11.3 Å². The molecule has 114 valence electrons. The molecule has 1 saturated carbocycles. The molecule has 0 aliphatic heterocycles. The molecule has 4 heteroatoms. The lowest BCUT2D eigenvalue weighted by atomic mass is 9.89. The lowest BCUT2D eigenvalue weighted by Gasteiger charge is -2.27. The Kier molecular flexibility index (Phi) is 5.21. The average Bonchev–Trinajstić information content (AvgIpc) is 3.12. The van der Waals surface area contributed by atoms with Crippen molar-refractivity contribution in [1.82, 2.24) is 10.3 Å². The van der Waals surface area contributed by atoms with Crippen molar-refractivity contribution in [3.63, 3.8) is 0 Å². The number of thiazole rings is 1. The van der Waals surface area contributed by atoms with Crippen LogP contribution in [-0.4, -0.2) is 18.6 Å². The van der Waals surface area contributed by atoms with Gasteiger partial charge in [-0.1, -0.05) is 27.7 Å². The molecule has 1 fully saturated rings. The highest BCUT2D eigenvalue weighted by Gasteiger charge is 2.34. The van der Waals surface area contributed by atoms with Crippen molar-refractivity contribution >= 4 is 11.3 Å². The van der Waals surface area contributed by atoms with E-state index in [9.17, 15) is 0 Å². The van der Waals surface area contributed by atoms with E-state index in [-0.39, 0.29) is 11.5 Å². The van der Waals surface area contributed by atoms with Gasteiger partial charge in [-0.2, -0.15) is 0 Å². The Bertz CT molecular complexity index is 432. The lowest BCUT2D eigenvalue weighted by molar-refractivity contribution is 0.0149. The third-order valence-corrected chi connectivity index (χ3v) is 4.78. The van der Waals surface area contributed by atoms with Crippen LogP contribution in [0.2, 0.25) is 0 Å². The Hall–Kier alpha value is -0.450. The van der Waals surface area contributed by atoms with E-state index in [4.69, 9.17) is 9.72 Å². The molecule has 1 aromatic rings. The topological polar surface area (TPSA) is 34.1 Å². The van der Waals surface area contributed by atoms with E-state index in [0.29, 0.717) is 5.92 Å². The minimum absolute atomic E-state index is 0.0849. The molecule has 0 radical (unpaired) electrons. The lowest BCUT2D eigenvalue weighted by Crippen LogP contribution is -2.19. The van der Waals surface area contributed by atoms with Crippen LogP contribution in [0.4, 0.5) is 0 Å². The number of hydrogen-bond donors (Lipinski definition) is 1. The molecule has 20 heavy (non-hydrogen) atoms. The fraction of sp³-hybridized carbons (Fsp3) is 0.812. The molecule has 3 nitrogen and oxygen atoms in total. The summed E-state index contributed by atoms with van der Waals surface area (Å²) in [4.78, 5) is 6.36. The van der Waals surface area contributed by atoms with Gasteiger partial charge in [0, 0.05) is 24.4 Å². The van der Waals surface area contributed by atoms with Gasteiger partial charge in [0.05, 0.1) is 5.69 Å². The molecule has 0 saturated heterocycles. The second-order valence-corrected chi connectivity index (χ2v) is 7.91. The number of nitrogens with one attached hydrogen (secondary N) is 1. The summed E-state index contributed by atoms with van der Waals surface area (Å²) >= 11 is 1.84. The number of hydrogen-bond acceptors (Lipinski definition) is 4. The van der Waals surface area contributed by atoms with Gasteiger partial charge in [0.2, 0.25) is 0 Å². The van der Waals surface area contributed by atoms with Crippen LogP contribution in [0.3, 0.4) is 0 Å². The molecule has 0 bridgehead atoms. The van der Waals surface area contributed by atoms with E-state index in [1.165, 1.54) is 29.8 Å². The highest BCUT2D eigenvalue weighted by atomic mass is 32.1. The maximum Gasteiger partial charge on any atom is 0.123 e. The van der Waals surface area contributed by atoms with Gasteiger partial charge >= 0.3 is 0 Å². The molecule has 0 aromatic carbocycles. The fourth-order valence-corrected chi connectivity index (χ4v) is 3.94. The Morgan fingerprint density at radius 3 is 2.60 bits per heavy atom. The van der Waals surface area contributed by atoms with Gasteiger partial charge in [-0.05, 0) is 31.2 Å². The summed E-state index contributed by atoms with van der Waals surface area (Å²) in [5.41, 5.74) is 1.42.